The molecule has 11 nitrogen and oxygen atoms in total. The molecule has 3 atom stereocenters. The summed E-state index contributed by atoms with van der Waals surface area (Å²) in [6.07, 6.45) is -0.744. The molecule has 192 valence electrons. The summed E-state index contributed by atoms with van der Waals surface area (Å²) in [4.78, 5) is 50.0. The van der Waals surface area contributed by atoms with Crippen molar-refractivity contribution >= 4 is 29.1 Å². The van der Waals surface area contributed by atoms with Crippen LogP contribution in [0.3, 0.4) is 0 Å². The Bertz CT molecular complexity index is 1270. The molecule has 2 amide bonds. The van der Waals surface area contributed by atoms with Gasteiger partial charge in [-0.3, -0.25) is 19.2 Å². The predicted molar refractivity (Wildman–Crippen MR) is 118 cm³/mol. The van der Waals surface area contributed by atoms with E-state index < -0.39 is 99.4 Å². The number of fused-ring (bicyclic) bond motifs is 3. The van der Waals surface area contributed by atoms with Gasteiger partial charge in [0, 0.05) is 36.1 Å². The first-order valence-corrected chi connectivity index (χ1v) is 11.0. The summed E-state index contributed by atoms with van der Waals surface area (Å²) in [6, 6.07) is 0.820. The third-order valence-corrected chi connectivity index (χ3v) is 6.84. The number of carbonyl (C=O) groups is 4. The van der Waals surface area contributed by atoms with E-state index >= 15 is 4.39 Å². The molecule has 3 aliphatic carbocycles. The monoisotopic (exact) mass is 507 g/mol. The van der Waals surface area contributed by atoms with Crippen LogP contribution in [-0.2, 0) is 20.8 Å². The number of Topliss-reactive ketones (excluding diaryl/α,β-unsaturated/α-hetero) is 2. The standard InChI is InChI=1S/C23H23F2N3O8/c24-1-2-27-7-14(30)28-12-6-11(25)10-4-8-3-9-5-13(29)17(22(26)35)21(34)23(9,36)20(33)15(8)19(32)16(10)18(12)31/h6,8-9,27,29,31,33,36H,1-5,7H2,(H2,26,35)(H,28,30)/t8?,9-,23-/m0/s1. The topological polar surface area (TPSA) is 199 Å². The van der Waals surface area contributed by atoms with Gasteiger partial charge < -0.3 is 36.8 Å². The van der Waals surface area contributed by atoms with Crippen LogP contribution in [0.15, 0.2) is 28.7 Å². The number of aliphatic hydroxyl groups is 3. The number of hydrogen-bond acceptors (Lipinski definition) is 9. The van der Waals surface area contributed by atoms with E-state index in [9.17, 15) is 44.0 Å². The number of alkyl halides is 1. The minimum absolute atomic E-state index is 0.113. The van der Waals surface area contributed by atoms with Gasteiger partial charge in [0.15, 0.2) is 17.1 Å². The lowest BCUT2D eigenvalue weighted by molar-refractivity contribution is -0.144. The molecule has 0 saturated heterocycles. The van der Waals surface area contributed by atoms with Crippen molar-refractivity contribution in [2.75, 3.05) is 25.1 Å². The third-order valence-electron chi connectivity index (χ3n) is 6.84. The van der Waals surface area contributed by atoms with Crippen LogP contribution < -0.4 is 16.4 Å². The van der Waals surface area contributed by atoms with Crippen LogP contribution in [0.25, 0.3) is 0 Å². The van der Waals surface area contributed by atoms with Gasteiger partial charge in [0.1, 0.15) is 29.6 Å². The molecule has 0 aliphatic heterocycles. The van der Waals surface area contributed by atoms with Crippen LogP contribution in [0.2, 0.25) is 0 Å². The van der Waals surface area contributed by atoms with Crippen LogP contribution >= 0.6 is 0 Å². The fourth-order valence-corrected chi connectivity index (χ4v) is 5.20. The number of rotatable bonds is 6. The normalized spacial score (nSPS) is 25.3. The SMILES string of the molecule is NC(=O)C1=C(O)C[C@@H]2CC3Cc4c(F)cc(NC(=O)CNCCF)c(O)c4C(=O)C3=C(O)[C@]2(O)C1=O. The molecule has 1 aromatic carbocycles. The van der Waals surface area contributed by atoms with Gasteiger partial charge in [-0.2, -0.15) is 0 Å². The van der Waals surface area contributed by atoms with Crippen molar-refractivity contribution in [3.63, 3.8) is 0 Å². The second kappa shape index (κ2) is 8.99. The highest BCUT2D eigenvalue weighted by Gasteiger charge is 2.59. The van der Waals surface area contributed by atoms with Crippen LogP contribution in [-0.4, -0.2) is 69.2 Å². The molecular formula is C23H23F2N3O8. The van der Waals surface area contributed by atoms with Gasteiger partial charge in [-0.05, 0) is 18.8 Å². The Balaban J connectivity index is 1.77. The highest BCUT2D eigenvalue weighted by atomic mass is 19.1. The first-order valence-electron chi connectivity index (χ1n) is 11.0. The number of aliphatic hydroxyl groups excluding tert-OH is 2. The molecule has 0 aromatic heterocycles. The Morgan fingerprint density at radius 2 is 1.89 bits per heavy atom. The predicted octanol–water partition coefficient (Wildman–Crippen LogP) is 0.217. The number of primary amides is 1. The molecule has 13 heteroatoms. The number of anilines is 1. The van der Waals surface area contributed by atoms with E-state index in [1.54, 1.807) is 0 Å². The van der Waals surface area contributed by atoms with E-state index in [2.05, 4.69) is 10.6 Å². The summed E-state index contributed by atoms with van der Waals surface area (Å²) in [5, 5.41) is 47.7. The lowest BCUT2D eigenvalue weighted by Gasteiger charge is -2.45. The van der Waals surface area contributed by atoms with Gasteiger partial charge in [-0.25, -0.2) is 8.78 Å². The zero-order valence-corrected chi connectivity index (χ0v) is 18.7. The van der Waals surface area contributed by atoms with Crippen molar-refractivity contribution in [2.45, 2.75) is 24.9 Å². The highest BCUT2D eigenvalue weighted by molar-refractivity contribution is 6.24. The number of hydrogen-bond donors (Lipinski definition) is 7. The lowest BCUT2D eigenvalue weighted by atomic mass is 9.60. The number of carbonyl (C=O) groups excluding carboxylic acids is 4. The Morgan fingerprint density at radius 3 is 2.53 bits per heavy atom. The summed E-state index contributed by atoms with van der Waals surface area (Å²) in [5.74, 6) is -10.0. The Hall–Kier alpha value is -3.84. The minimum atomic E-state index is -2.74. The summed E-state index contributed by atoms with van der Waals surface area (Å²) >= 11 is 0. The molecule has 0 radical (unpaired) electrons. The van der Waals surface area contributed by atoms with Crippen LogP contribution in [0, 0.1) is 17.7 Å². The smallest absolute Gasteiger partial charge is 0.255 e. The van der Waals surface area contributed by atoms with Crippen molar-refractivity contribution < 1.29 is 48.4 Å². The molecule has 8 N–H and O–H groups in total. The van der Waals surface area contributed by atoms with E-state index in [4.69, 9.17) is 5.73 Å². The van der Waals surface area contributed by atoms with Gasteiger partial charge >= 0.3 is 0 Å². The number of benzene rings is 1. The van der Waals surface area contributed by atoms with E-state index in [0.29, 0.717) is 0 Å². The quantitative estimate of drug-likeness (QED) is 0.160. The van der Waals surface area contributed by atoms with E-state index in [1.807, 2.05) is 0 Å². The van der Waals surface area contributed by atoms with Crippen molar-refractivity contribution in [1.82, 2.24) is 5.32 Å². The molecule has 0 spiro atoms. The van der Waals surface area contributed by atoms with E-state index in [-0.39, 0.29) is 31.5 Å². The molecule has 3 aliphatic rings. The average molecular weight is 507 g/mol. The van der Waals surface area contributed by atoms with Crippen molar-refractivity contribution in [3.05, 3.63) is 45.7 Å². The van der Waals surface area contributed by atoms with Crippen molar-refractivity contribution in [2.24, 2.45) is 17.6 Å². The number of amides is 2. The average Bonchev–Trinajstić information content (AvgIpc) is 2.79. The molecule has 0 fully saturated rings. The molecule has 36 heavy (non-hydrogen) atoms. The number of phenols is 1. The van der Waals surface area contributed by atoms with E-state index in [0.717, 1.165) is 6.07 Å². The van der Waals surface area contributed by atoms with Gasteiger partial charge in [-0.15, -0.1) is 0 Å². The lowest BCUT2D eigenvalue weighted by Crippen LogP contribution is -2.57. The number of nitrogens with one attached hydrogen (secondary N) is 2. The Labute approximate surface area is 202 Å². The number of allylic oxidation sites excluding steroid dienone is 2. The number of phenolic OH excluding ortho intramolecular Hbond substituents is 1. The summed E-state index contributed by atoms with van der Waals surface area (Å²) < 4.78 is 27.2. The first-order chi connectivity index (χ1) is 16.9. The largest absolute Gasteiger partial charge is 0.511 e. The minimum Gasteiger partial charge on any atom is -0.511 e. The van der Waals surface area contributed by atoms with E-state index in [1.165, 1.54) is 0 Å². The van der Waals surface area contributed by atoms with Gasteiger partial charge in [0.25, 0.3) is 5.91 Å². The van der Waals surface area contributed by atoms with Crippen molar-refractivity contribution in [3.8, 4) is 5.75 Å². The molecular weight excluding hydrogens is 484 g/mol. The van der Waals surface area contributed by atoms with Crippen LogP contribution in [0.5, 0.6) is 5.75 Å². The maximum atomic E-state index is 15.0. The van der Waals surface area contributed by atoms with Crippen LogP contribution in [0.4, 0.5) is 14.5 Å². The zero-order chi connectivity index (χ0) is 26.5. The molecule has 0 heterocycles. The summed E-state index contributed by atoms with van der Waals surface area (Å²) in [5.41, 5.74) is -0.168. The maximum absolute atomic E-state index is 15.0. The molecule has 1 unspecified atom stereocenters. The van der Waals surface area contributed by atoms with Gasteiger partial charge in [0.2, 0.25) is 11.7 Å². The first kappa shape index (κ1) is 25.3. The molecule has 1 aromatic rings. The van der Waals surface area contributed by atoms with Gasteiger partial charge in [0.05, 0.1) is 17.8 Å². The summed E-state index contributed by atoms with van der Waals surface area (Å²) in [6.45, 7) is -1.20. The zero-order valence-electron chi connectivity index (χ0n) is 18.7. The number of halogens is 2. The highest BCUT2D eigenvalue weighted by Crippen LogP contribution is 2.52. The molecule has 4 rings (SSSR count). The maximum Gasteiger partial charge on any atom is 0.255 e. The number of ketones is 2. The van der Waals surface area contributed by atoms with Crippen molar-refractivity contribution in [1.29, 1.82) is 0 Å². The Morgan fingerprint density at radius 1 is 1.19 bits per heavy atom. The number of nitrogens with two attached hydrogens (primary N) is 1. The molecule has 0 saturated carbocycles. The second-order valence-electron chi connectivity index (χ2n) is 8.93. The fourth-order valence-electron chi connectivity index (χ4n) is 5.20. The third kappa shape index (κ3) is 3.71. The number of aromatic hydroxyl groups is 1. The Kier molecular flexibility index (Phi) is 6.31. The summed E-state index contributed by atoms with van der Waals surface area (Å²) in [7, 11) is 0. The fraction of sp³-hybridized carbons (Fsp3) is 0.391. The molecule has 0 bridgehead atoms. The second-order valence-corrected chi connectivity index (χ2v) is 8.93. The van der Waals surface area contributed by atoms with Crippen LogP contribution in [0.1, 0.15) is 28.8 Å². The van der Waals surface area contributed by atoms with Gasteiger partial charge in [-0.1, -0.05) is 0 Å².